The molecule has 1 rings (SSSR count). The van der Waals surface area contributed by atoms with Gasteiger partial charge in [0.1, 0.15) is 17.6 Å². The van der Waals surface area contributed by atoms with E-state index in [9.17, 15) is 5.11 Å². The molecule has 0 aliphatic rings. The Morgan fingerprint density at radius 3 is 3.07 bits per heavy atom. The van der Waals surface area contributed by atoms with Crippen LogP contribution in [0.4, 0.5) is 5.82 Å². The normalized spacial score (nSPS) is 11.8. The summed E-state index contributed by atoms with van der Waals surface area (Å²) in [6.45, 7) is 2.61. The lowest BCUT2D eigenvalue weighted by atomic mass is 10.2. The number of aromatic nitrogens is 1. The topological polar surface area (TPSA) is 68.9 Å². The molecule has 0 aliphatic heterocycles. The molecule has 0 fully saturated rings. The lowest BCUT2D eigenvalue weighted by Crippen LogP contribution is -2.12. The fourth-order valence-electron chi connectivity index (χ4n) is 1.17. The molecule has 0 amide bonds. The SMILES string of the molecule is CCC(O)CCNc1cccc(C#N)n1. The van der Waals surface area contributed by atoms with Gasteiger partial charge in [-0.2, -0.15) is 5.26 Å². The Morgan fingerprint density at radius 2 is 2.40 bits per heavy atom. The first kappa shape index (κ1) is 11.5. The van der Waals surface area contributed by atoms with Crippen molar-refractivity contribution in [2.45, 2.75) is 25.9 Å². The van der Waals surface area contributed by atoms with Gasteiger partial charge in [-0.3, -0.25) is 0 Å². The first-order valence-electron chi connectivity index (χ1n) is 5.05. The standard InChI is InChI=1S/C11H15N3O/c1-2-10(15)6-7-13-11-5-3-4-9(8-12)14-11/h3-5,10,15H,2,6-7H2,1H3,(H,13,14). The van der Waals surface area contributed by atoms with Gasteiger partial charge in [-0.1, -0.05) is 13.0 Å². The first-order chi connectivity index (χ1) is 7.26. The number of rotatable bonds is 5. The molecule has 1 atom stereocenters. The molecule has 0 saturated heterocycles. The molecule has 1 unspecified atom stereocenters. The van der Waals surface area contributed by atoms with Gasteiger partial charge in [0.25, 0.3) is 0 Å². The van der Waals surface area contributed by atoms with Crippen molar-refractivity contribution >= 4 is 5.82 Å². The van der Waals surface area contributed by atoms with E-state index in [2.05, 4.69) is 10.3 Å². The van der Waals surface area contributed by atoms with E-state index in [1.165, 1.54) is 0 Å². The Balaban J connectivity index is 2.41. The minimum atomic E-state index is -0.267. The van der Waals surface area contributed by atoms with Crippen LogP contribution in [0.25, 0.3) is 0 Å². The fourth-order valence-corrected chi connectivity index (χ4v) is 1.17. The van der Waals surface area contributed by atoms with E-state index in [-0.39, 0.29) is 6.10 Å². The number of pyridine rings is 1. The molecule has 4 heteroatoms. The zero-order valence-corrected chi connectivity index (χ0v) is 8.77. The smallest absolute Gasteiger partial charge is 0.142 e. The zero-order valence-electron chi connectivity index (χ0n) is 8.77. The van der Waals surface area contributed by atoms with Crippen molar-refractivity contribution in [3.63, 3.8) is 0 Å². The van der Waals surface area contributed by atoms with Crippen LogP contribution in [0.2, 0.25) is 0 Å². The number of hydrogen-bond acceptors (Lipinski definition) is 4. The summed E-state index contributed by atoms with van der Waals surface area (Å²) in [7, 11) is 0. The summed E-state index contributed by atoms with van der Waals surface area (Å²) in [5.41, 5.74) is 0.399. The fraction of sp³-hybridized carbons (Fsp3) is 0.455. The maximum atomic E-state index is 9.32. The van der Waals surface area contributed by atoms with Crippen molar-refractivity contribution in [1.29, 1.82) is 5.26 Å². The number of aliphatic hydroxyl groups excluding tert-OH is 1. The largest absolute Gasteiger partial charge is 0.393 e. The Bertz CT molecular complexity index is 346. The molecule has 1 aromatic rings. The van der Waals surface area contributed by atoms with E-state index in [1.54, 1.807) is 18.2 Å². The number of nitrogens with zero attached hydrogens (tertiary/aromatic N) is 2. The molecule has 0 aliphatic carbocycles. The van der Waals surface area contributed by atoms with Gasteiger partial charge >= 0.3 is 0 Å². The van der Waals surface area contributed by atoms with E-state index in [1.807, 2.05) is 13.0 Å². The second-order valence-corrected chi connectivity index (χ2v) is 3.30. The number of anilines is 1. The lowest BCUT2D eigenvalue weighted by molar-refractivity contribution is 0.164. The Kier molecular flexibility index (Phi) is 4.58. The number of nitriles is 1. The van der Waals surface area contributed by atoms with E-state index in [0.717, 1.165) is 6.42 Å². The minimum absolute atomic E-state index is 0.267. The van der Waals surface area contributed by atoms with E-state index < -0.39 is 0 Å². The molecule has 0 aromatic carbocycles. The maximum Gasteiger partial charge on any atom is 0.142 e. The van der Waals surface area contributed by atoms with Gasteiger partial charge in [-0.15, -0.1) is 0 Å². The maximum absolute atomic E-state index is 9.32. The molecule has 0 bridgehead atoms. The predicted octanol–water partition coefficient (Wildman–Crippen LogP) is 1.53. The van der Waals surface area contributed by atoms with Crippen LogP contribution in [-0.2, 0) is 0 Å². The Labute approximate surface area is 89.6 Å². The van der Waals surface area contributed by atoms with Gasteiger partial charge in [0.05, 0.1) is 6.10 Å². The zero-order chi connectivity index (χ0) is 11.1. The molecule has 15 heavy (non-hydrogen) atoms. The average molecular weight is 205 g/mol. The second-order valence-electron chi connectivity index (χ2n) is 3.30. The van der Waals surface area contributed by atoms with E-state index in [4.69, 9.17) is 5.26 Å². The third kappa shape index (κ3) is 3.96. The monoisotopic (exact) mass is 205 g/mol. The van der Waals surface area contributed by atoms with Crippen LogP contribution in [-0.4, -0.2) is 22.7 Å². The number of hydrogen-bond donors (Lipinski definition) is 2. The van der Waals surface area contributed by atoms with Crippen LogP contribution in [0.5, 0.6) is 0 Å². The summed E-state index contributed by atoms with van der Waals surface area (Å²) in [6, 6.07) is 7.22. The van der Waals surface area contributed by atoms with Gasteiger partial charge in [0.15, 0.2) is 0 Å². The van der Waals surface area contributed by atoms with E-state index >= 15 is 0 Å². The van der Waals surface area contributed by atoms with E-state index in [0.29, 0.717) is 24.5 Å². The predicted molar refractivity (Wildman–Crippen MR) is 58.4 cm³/mol. The van der Waals surface area contributed by atoms with Crippen LogP contribution >= 0.6 is 0 Å². The average Bonchev–Trinajstić information content (AvgIpc) is 2.29. The molecule has 1 aromatic heterocycles. The summed E-state index contributed by atoms with van der Waals surface area (Å²) >= 11 is 0. The summed E-state index contributed by atoms with van der Waals surface area (Å²) < 4.78 is 0. The molecule has 4 nitrogen and oxygen atoms in total. The molecule has 80 valence electrons. The second kappa shape index (κ2) is 5.99. The van der Waals surface area contributed by atoms with Gasteiger partial charge in [-0.05, 0) is 25.0 Å². The highest BCUT2D eigenvalue weighted by Gasteiger charge is 2.00. The van der Waals surface area contributed by atoms with Crippen LogP contribution in [0.1, 0.15) is 25.5 Å². The van der Waals surface area contributed by atoms with Crippen molar-refractivity contribution in [3.05, 3.63) is 23.9 Å². The third-order valence-corrected chi connectivity index (χ3v) is 2.12. The van der Waals surface area contributed by atoms with Gasteiger partial charge in [0.2, 0.25) is 0 Å². The summed E-state index contributed by atoms with van der Waals surface area (Å²) in [5.74, 6) is 0.678. The van der Waals surface area contributed by atoms with Gasteiger partial charge < -0.3 is 10.4 Å². The highest BCUT2D eigenvalue weighted by molar-refractivity contribution is 5.38. The highest BCUT2D eigenvalue weighted by Crippen LogP contribution is 2.04. The molecule has 0 saturated carbocycles. The van der Waals surface area contributed by atoms with Gasteiger partial charge in [0, 0.05) is 6.54 Å². The molecule has 0 spiro atoms. The molecular formula is C11H15N3O. The first-order valence-corrected chi connectivity index (χ1v) is 5.05. The lowest BCUT2D eigenvalue weighted by Gasteiger charge is -2.08. The summed E-state index contributed by atoms with van der Waals surface area (Å²) in [5, 5.41) is 21.0. The molecular weight excluding hydrogens is 190 g/mol. The van der Waals surface area contributed by atoms with Crippen molar-refractivity contribution in [1.82, 2.24) is 4.98 Å². The number of nitrogens with one attached hydrogen (secondary N) is 1. The number of aliphatic hydroxyl groups is 1. The minimum Gasteiger partial charge on any atom is -0.393 e. The summed E-state index contributed by atoms with van der Waals surface area (Å²) in [6.07, 6.45) is 1.18. The van der Waals surface area contributed by atoms with Crippen molar-refractivity contribution < 1.29 is 5.11 Å². The summed E-state index contributed by atoms with van der Waals surface area (Å²) in [4.78, 5) is 4.06. The van der Waals surface area contributed by atoms with Crippen LogP contribution in [0.15, 0.2) is 18.2 Å². The van der Waals surface area contributed by atoms with Crippen LogP contribution < -0.4 is 5.32 Å². The van der Waals surface area contributed by atoms with Crippen molar-refractivity contribution in [2.75, 3.05) is 11.9 Å². The van der Waals surface area contributed by atoms with Crippen LogP contribution in [0, 0.1) is 11.3 Å². The third-order valence-electron chi connectivity index (χ3n) is 2.12. The van der Waals surface area contributed by atoms with Crippen molar-refractivity contribution in [3.8, 4) is 6.07 Å². The quantitative estimate of drug-likeness (QED) is 0.764. The van der Waals surface area contributed by atoms with Crippen molar-refractivity contribution in [2.24, 2.45) is 0 Å². The Morgan fingerprint density at radius 1 is 1.60 bits per heavy atom. The Hall–Kier alpha value is -1.60. The molecule has 0 radical (unpaired) electrons. The molecule has 2 N–H and O–H groups in total. The highest BCUT2D eigenvalue weighted by atomic mass is 16.3. The van der Waals surface area contributed by atoms with Gasteiger partial charge in [-0.25, -0.2) is 4.98 Å². The van der Waals surface area contributed by atoms with Crippen LogP contribution in [0.3, 0.4) is 0 Å². The molecule has 1 heterocycles.